The second kappa shape index (κ2) is 13.6. The molecule has 1 aliphatic heterocycles. The Hall–Kier alpha value is -4.02. The minimum absolute atomic E-state index is 0.0395. The molecule has 5 rings (SSSR count). The highest BCUT2D eigenvalue weighted by molar-refractivity contribution is 7.13. The molecule has 2 heterocycles. The SMILES string of the molecule is COc1ccc(C(=O)N(CC(=O)Nc2nc(CC(=O)N3CCN(CC=Cc4ccccc4)CC3)cs2)C2CC2)cc1. The van der Waals surface area contributed by atoms with Crippen LogP contribution in [0.4, 0.5) is 5.13 Å². The van der Waals surface area contributed by atoms with Crippen LogP contribution < -0.4 is 10.1 Å². The second-order valence-electron chi connectivity index (χ2n) is 10.3. The fourth-order valence-corrected chi connectivity index (χ4v) is 5.49. The molecule has 9 nitrogen and oxygen atoms in total. The van der Waals surface area contributed by atoms with E-state index >= 15 is 0 Å². The number of carbonyl (C=O) groups excluding carboxylic acids is 3. The molecule has 0 atom stereocenters. The van der Waals surface area contributed by atoms with Gasteiger partial charge in [-0.05, 0) is 42.7 Å². The Balaban J connectivity index is 1.06. The number of piperazine rings is 1. The van der Waals surface area contributed by atoms with E-state index in [1.165, 1.54) is 16.9 Å². The number of nitrogens with one attached hydrogen (secondary N) is 1. The number of methoxy groups -OCH3 is 1. The Bertz CT molecular complexity index is 1360. The lowest BCUT2D eigenvalue weighted by Crippen LogP contribution is -2.49. The number of aromatic nitrogens is 1. The van der Waals surface area contributed by atoms with Crippen molar-refractivity contribution in [2.24, 2.45) is 0 Å². The highest BCUT2D eigenvalue weighted by atomic mass is 32.1. The number of ether oxygens (including phenoxy) is 1. The van der Waals surface area contributed by atoms with Crippen LogP contribution in [-0.2, 0) is 16.0 Å². The lowest BCUT2D eigenvalue weighted by Gasteiger charge is -2.34. The first-order chi connectivity index (χ1) is 20.0. The van der Waals surface area contributed by atoms with Crippen LogP contribution in [-0.4, -0.2) is 89.8 Å². The summed E-state index contributed by atoms with van der Waals surface area (Å²) >= 11 is 1.29. The van der Waals surface area contributed by atoms with E-state index in [1.807, 2.05) is 23.1 Å². The number of thiazole rings is 1. The average molecular weight is 574 g/mol. The summed E-state index contributed by atoms with van der Waals surface area (Å²) in [6.45, 7) is 3.84. The number of anilines is 1. The molecule has 0 bridgehead atoms. The van der Waals surface area contributed by atoms with E-state index in [1.54, 1.807) is 41.7 Å². The van der Waals surface area contributed by atoms with Gasteiger partial charge >= 0.3 is 0 Å². The summed E-state index contributed by atoms with van der Waals surface area (Å²) in [5.74, 6) is 0.230. The summed E-state index contributed by atoms with van der Waals surface area (Å²) in [5, 5.41) is 5.04. The van der Waals surface area contributed by atoms with Crippen LogP contribution in [0, 0.1) is 0 Å². The Morgan fingerprint density at radius 1 is 1.05 bits per heavy atom. The molecule has 0 radical (unpaired) electrons. The summed E-state index contributed by atoms with van der Waals surface area (Å²) in [6, 6.07) is 17.2. The van der Waals surface area contributed by atoms with E-state index in [9.17, 15) is 14.4 Å². The van der Waals surface area contributed by atoms with E-state index < -0.39 is 0 Å². The molecule has 2 aromatic carbocycles. The standard InChI is InChI=1S/C31H35N5O4S/c1-40-27-13-9-24(10-14-27)30(39)36(26-11-12-26)21-28(37)33-31-32-25(22-41-31)20-29(38)35-18-16-34(17-19-35)15-5-8-23-6-3-2-4-7-23/h2-10,13-14,22,26H,11-12,15-21H2,1H3,(H,32,33,37). The zero-order valence-electron chi connectivity index (χ0n) is 23.2. The van der Waals surface area contributed by atoms with Gasteiger partial charge in [-0.25, -0.2) is 4.98 Å². The zero-order valence-corrected chi connectivity index (χ0v) is 24.0. The fourth-order valence-electron chi connectivity index (χ4n) is 4.76. The number of amides is 3. The van der Waals surface area contributed by atoms with Crippen LogP contribution in [0.1, 0.15) is 34.5 Å². The summed E-state index contributed by atoms with van der Waals surface area (Å²) in [6.07, 6.45) is 6.26. The highest BCUT2D eigenvalue weighted by Crippen LogP contribution is 2.29. The Morgan fingerprint density at radius 3 is 2.46 bits per heavy atom. The first-order valence-electron chi connectivity index (χ1n) is 13.9. The van der Waals surface area contributed by atoms with Gasteiger partial charge < -0.3 is 19.9 Å². The van der Waals surface area contributed by atoms with Crippen LogP contribution in [0.5, 0.6) is 5.75 Å². The number of rotatable bonds is 11. The third kappa shape index (κ3) is 8.02. The van der Waals surface area contributed by atoms with Crippen LogP contribution >= 0.6 is 11.3 Å². The number of benzene rings is 2. The molecule has 214 valence electrons. The molecule has 0 spiro atoms. The Morgan fingerprint density at radius 2 is 1.78 bits per heavy atom. The van der Waals surface area contributed by atoms with Crippen molar-refractivity contribution in [2.45, 2.75) is 25.3 Å². The van der Waals surface area contributed by atoms with Gasteiger partial charge in [-0.3, -0.25) is 19.3 Å². The summed E-state index contributed by atoms with van der Waals surface area (Å²) < 4.78 is 5.17. The van der Waals surface area contributed by atoms with Gasteiger partial charge in [0.05, 0.1) is 19.2 Å². The molecule has 3 amide bonds. The van der Waals surface area contributed by atoms with Crippen molar-refractivity contribution in [2.75, 3.05) is 51.7 Å². The molecular weight excluding hydrogens is 538 g/mol. The summed E-state index contributed by atoms with van der Waals surface area (Å²) in [7, 11) is 1.58. The largest absolute Gasteiger partial charge is 0.497 e. The Kier molecular flexibility index (Phi) is 9.43. The van der Waals surface area contributed by atoms with Gasteiger partial charge in [-0.15, -0.1) is 11.3 Å². The molecule has 2 aliphatic rings. The first-order valence-corrected chi connectivity index (χ1v) is 14.8. The van der Waals surface area contributed by atoms with Crippen LogP contribution in [0.15, 0.2) is 66.1 Å². The molecule has 1 N–H and O–H groups in total. The quantitative estimate of drug-likeness (QED) is 0.375. The zero-order chi connectivity index (χ0) is 28.6. The van der Waals surface area contributed by atoms with E-state index in [0.29, 0.717) is 35.2 Å². The molecule has 2 fully saturated rings. The number of carbonyl (C=O) groups is 3. The average Bonchev–Trinajstić information content (AvgIpc) is 3.76. The monoisotopic (exact) mass is 573 g/mol. The Labute approximate surface area is 244 Å². The van der Waals surface area contributed by atoms with Gasteiger partial charge in [-0.1, -0.05) is 42.5 Å². The topological polar surface area (TPSA) is 95.1 Å². The third-order valence-corrected chi connectivity index (χ3v) is 8.03. The van der Waals surface area contributed by atoms with E-state index in [4.69, 9.17) is 4.74 Å². The predicted octanol–water partition coefficient (Wildman–Crippen LogP) is 3.80. The maximum Gasteiger partial charge on any atom is 0.254 e. The fraction of sp³-hybridized carbons (Fsp3) is 0.355. The van der Waals surface area contributed by atoms with Crippen molar-refractivity contribution in [1.29, 1.82) is 0 Å². The van der Waals surface area contributed by atoms with Gasteiger partial charge in [0.1, 0.15) is 12.3 Å². The van der Waals surface area contributed by atoms with Gasteiger partial charge in [0.15, 0.2) is 5.13 Å². The molecule has 1 aromatic heterocycles. The van der Waals surface area contributed by atoms with Crippen molar-refractivity contribution >= 4 is 40.3 Å². The van der Waals surface area contributed by atoms with Gasteiger partial charge in [0.2, 0.25) is 11.8 Å². The first kappa shape index (κ1) is 28.5. The van der Waals surface area contributed by atoms with E-state index in [2.05, 4.69) is 39.5 Å². The van der Waals surface area contributed by atoms with Gasteiger partial charge in [0, 0.05) is 49.7 Å². The maximum absolute atomic E-state index is 13.1. The minimum Gasteiger partial charge on any atom is -0.497 e. The summed E-state index contributed by atoms with van der Waals surface area (Å²) in [5.41, 5.74) is 2.34. The molecule has 1 saturated carbocycles. The van der Waals surface area contributed by atoms with E-state index in [0.717, 1.165) is 32.5 Å². The van der Waals surface area contributed by atoms with Crippen LogP contribution in [0.3, 0.4) is 0 Å². The molecule has 1 aliphatic carbocycles. The van der Waals surface area contributed by atoms with Crippen molar-refractivity contribution in [3.8, 4) is 5.75 Å². The molecule has 3 aromatic rings. The van der Waals surface area contributed by atoms with Crippen LogP contribution in [0.25, 0.3) is 6.08 Å². The van der Waals surface area contributed by atoms with Gasteiger partial charge in [-0.2, -0.15) is 0 Å². The lowest BCUT2D eigenvalue weighted by atomic mass is 10.2. The van der Waals surface area contributed by atoms with Gasteiger partial charge in [0.25, 0.3) is 5.91 Å². The number of hydrogen-bond donors (Lipinski definition) is 1. The number of nitrogens with zero attached hydrogens (tertiary/aromatic N) is 4. The van der Waals surface area contributed by atoms with Crippen molar-refractivity contribution < 1.29 is 19.1 Å². The smallest absolute Gasteiger partial charge is 0.254 e. The molecule has 0 unspecified atom stereocenters. The maximum atomic E-state index is 13.1. The molecular formula is C31H35N5O4S. The molecule has 41 heavy (non-hydrogen) atoms. The number of hydrogen-bond acceptors (Lipinski definition) is 7. The lowest BCUT2D eigenvalue weighted by molar-refractivity contribution is -0.132. The van der Waals surface area contributed by atoms with Crippen LogP contribution in [0.2, 0.25) is 0 Å². The normalized spacial score (nSPS) is 15.6. The summed E-state index contributed by atoms with van der Waals surface area (Å²) in [4.78, 5) is 49.1. The highest BCUT2D eigenvalue weighted by Gasteiger charge is 2.34. The third-order valence-electron chi connectivity index (χ3n) is 7.23. The second-order valence-corrected chi connectivity index (χ2v) is 11.1. The van der Waals surface area contributed by atoms with Crippen molar-refractivity contribution in [3.63, 3.8) is 0 Å². The predicted molar refractivity (Wildman–Crippen MR) is 160 cm³/mol. The van der Waals surface area contributed by atoms with Crippen molar-refractivity contribution in [1.82, 2.24) is 19.7 Å². The molecule has 10 heteroatoms. The molecule has 1 saturated heterocycles. The van der Waals surface area contributed by atoms with Crippen molar-refractivity contribution in [3.05, 3.63) is 82.9 Å². The minimum atomic E-state index is -0.302. The van der Waals surface area contributed by atoms with E-state index in [-0.39, 0.29) is 36.7 Å².